The van der Waals surface area contributed by atoms with Crippen LogP contribution in [-0.2, 0) is 10.3 Å². The van der Waals surface area contributed by atoms with Crippen LogP contribution in [-0.4, -0.2) is 27.9 Å². The summed E-state index contributed by atoms with van der Waals surface area (Å²) in [6.45, 7) is 5.21. The predicted octanol–water partition coefficient (Wildman–Crippen LogP) is 5.90. The van der Waals surface area contributed by atoms with Gasteiger partial charge >= 0.3 is 12.1 Å². The molecule has 1 heterocycles. The highest BCUT2D eigenvalue weighted by Gasteiger charge is 2.48. The fraction of sp³-hybridized carbons (Fsp3) is 0.421. The summed E-state index contributed by atoms with van der Waals surface area (Å²) in [6.07, 6.45) is 1.05. The number of benzene rings is 1. The minimum atomic E-state index is -1.28. The van der Waals surface area contributed by atoms with Gasteiger partial charge in [-0.15, -0.1) is 0 Å². The average molecular weight is 462 g/mol. The zero-order valence-corrected chi connectivity index (χ0v) is 18.2. The maximum Gasteiger partial charge on any atom is 0.408 e. The van der Waals surface area contributed by atoms with Crippen molar-refractivity contribution in [2.24, 2.45) is 0 Å². The number of carbonyl (C=O) groups is 2. The summed E-state index contributed by atoms with van der Waals surface area (Å²) in [7, 11) is 0. The SMILES string of the molecule is CC(C)(C)OC(=O)NC1(c2onc(-c3c(Cl)cc(Cl)cc3Cl)c2C(=O)O)CCC1. The van der Waals surface area contributed by atoms with Gasteiger partial charge in [0.15, 0.2) is 5.76 Å². The molecular formula is C19H19Cl3N2O5. The van der Waals surface area contributed by atoms with E-state index in [0.29, 0.717) is 17.9 Å². The van der Waals surface area contributed by atoms with Crippen molar-refractivity contribution in [2.75, 3.05) is 0 Å². The molecule has 1 aromatic heterocycles. The summed E-state index contributed by atoms with van der Waals surface area (Å²) in [4.78, 5) is 24.5. The fourth-order valence-corrected chi connectivity index (χ4v) is 4.19. The number of nitrogens with one attached hydrogen (secondary N) is 1. The van der Waals surface area contributed by atoms with Crippen molar-refractivity contribution in [1.29, 1.82) is 0 Å². The molecule has 1 saturated carbocycles. The molecule has 0 saturated heterocycles. The second-order valence-electron chi connectivity index (χ2n) is 7.85. The lowest BCUT2D eigenvalue weighted by Crippen LogP contribution is -2.52. The van der Waals surface area contributed by atoms with Crippen LogP contribution in [0.15, 0.2) is 16.7 Å². The van der Waals surface area contributed by atoms with E-state index in [-0.39, 0.29) is 32.6 Å². The zero-order chi connectivity index (χ0) is 21.6. The molecule has 1 fully saturated rings. The smallest absolute Gasteiger partial charge is 0.408 e. The topological polar surface area (TPSA) is 102 Å². The molecule has 3 rings (SSSR count). The van der Waals surface area contributed by atoms with E-state index in [1.165, 1.54) is 12.1 Å². The molecule has 0 atom stereocenters. The molecule has 0 unspecified atom stereocenters. The fourth-order valence-electron chi connectivity index (χ4n) is 3.19. The van der Waals surface area contributed by atoms with E-state index in [1.54, 1.807) is 20.8 Å². The Morgan fingerprint density at radius 3 is 2.24 bits per heavy atom. The number of rotatable bonds is 4. The number of aromatic carboxylic acids is 1. The van der Waals surface area contributed by atoms with Gasteiger partial charge in [0.1, 0.15) is 22.4 Å². The average Bonchev–Trinajstić information content (AvgIpc) is 2.93. The molecule has 10 heteroatoms. The molecule has 156 valence electrons. The highest BCUT2D eigenvalue weighted by atomic mass is 35.5. The van der Waals surface area contributed by atoms with E-state index < -0.39 is 23.2 Å². The van der Waals surface area contributed by atoms with E-state index >= 15 is 0 Å². The molecular weight excluding hydrogens is 443 g/mol. The Hall–Kier alpha value is -1.96. The largest absolute Gasteiger partial charge is 0.477 e. The van der Waals surface area contributed by atoms with Crippen LogP contribution in [0.2, 0.25) is 15.1 Å². The van der Waals surface area contributed by atoms with Crippen LogP contribution in [0.3, 0.4) is 0 Å². The Morgan fingerprint density at radius 2 is 1.79 bits per heavy atom. The summed E-state index contributed by atoms with van der Waals surface area (Å²) >= 11 is 18.4. The number of carbonyl (C=O) groups excluding carboxylic acids is 1. The van der Waals surface area contributed by atoms with Gasteiger partial charge in [0.25, 0.3) is 0 Å². The van der Waals surface area contributed by atoms with E-state index in [4.69, 9.17) is 44.1 Å². The van der Waals surface area contributed by atoms with E-state index in [2.05, 4.69) is 10.5 Å². The van der Waals surface area contributed by atoms with Crippen molar-refractivity contribution in [2.45, 2.75) is 51.2 Å². The number of alkyl carbamates (subject to hydrolysis) is 1. The molecule has 0 aliphatic heterocycles. The Balaban J connectivity index is 2.07. The van der Waals surface area contributed by atoms with Crippen molar-refractivity contribution in [3.8, 4) is 11.3 Å². The lowest BCUT2D eigenvalue weighted by atomic mass is 9.73. The Labute approximate surface area is 182 Å². The normalized spacial score (nSPS) is 15.5. The van der Waals surface area contributed by atoms with Crippen LogP contribution in [0.1, 0.15) is 56.2 Å². The van der Waals surface area contributed by atoms with Crippen LogP contribution < -0.4 is 5.32 Å². The zero-order valence-electron chi connectivity index (χ0n) is 15.9. The van der Waals surface area contributed by atoms with Crippen molar-refractivity contribution < 1.29 is 24.0 Å². The second kappa shape index (κ2) is 7.70. The molecule has 1 aliphatic rings. The van der Waals surface area contributed by atoms with Gasteiger partial charge in [-0.05, 0) is 52.2 Å². The molecule has 2 N–H and O–H groups in total. The first-order chi connectivity index (χ1) is 13.4. The molecule has 1 aromatic carbocycles. The first kappa shape index (κ1) is 21.7. The van der Waals surface area contributed by atoms with E-state index in [1.807, 2.05) is 0 Å². The minimum Gasteiger partial charge on any atom is -0.477 e. The Morgan fingerprint density at radius 1 is 1.21 bits per heavy atom. The Kier molecular flexibility index (Phi) is 5.77. The third kappa shape index (κ3) is 4.32. The molecule has 2 aromatic rings. The van der Waals surface area contributed by atoms with Gasteiger partial charge < -0.3 is 19.7 Å². The molecule has 7 nitrogen and oxygen atoms in total. The van der Waals surface area contributed by atoms with Gasteiger partial charge in [-0.2, -0.15) is 0 Å². The highest BCUT2D eigenvalue weighted by molar-refractivity contribution is 6.42. The van der Waals surface area contributed by atoms with Gasteiger partial charge in [-0.1, -0.05) is 40.0 Å². The molecule has 1 aliphatic carbocycles. The highest BCUT2D eigenvalue weighted by Crippen LogP contribution is 2.47. The molecule has 0 spiro atoms. The number of carboxylic acid groups (broad SMARTS) is 1. The second-order valence-corrected chi connectivity index (χ2v) is 9.10. The maximum atomic E-state index is 12.3. The van der Waals surface area contributed by atoms with Crippen LogP contribution in [0.4, 0.5) is 4.79 Å². The summed E-state index contributed by atoms with van der Waals surface area (Å²) < 4.78 is 10.8. The summed E-state index contributed by atoms with van der Waals surface area (Å²) in [5, 5.41) is 17.1. The lowest BCUT2D eigenvalue weighted by molar-refractivity contribution is 0.0325. The number of halogens is 3. The molecule has 0 radical (unpaired) electrons. The number of amides is 1. The molecule has 0 bridgehead atoms. The van der Waals surface area contributed by atoms with Crippen molar-refractivity contribution in [1.82, 2.24) is 10.5 Å². The van der Waals surface area contributed by atoms with E-state index in [9.17, 15) is 14.7 Å². The Bertz CT molecular complexity index is 954. The summed E-state index contributed by atoms with van der Waals surface area (Å²) in [6, 6.07) is 2.87. The summed E-state index contributed by atoms with van der Waals surface area (Å²) in [5.41, 5.74) is -1.80. The summed E-state index contributed by atoms with van der Waals surface area (Å²) in [5.74, 6) is -1.25. The number of ether oxygens (including phenoxy) is 1. The quantitative estimate of drug-likeness (QED) is 0.587. The van der Waals surface area contributed by atoms with Gasteiger partial charge in [-0.25, -0.2) is 9.59 Å². The standard InChI is InChI=1S/C19H19Cl3N2O5/c1-18(2,3)28-17(27)23-19(5-4-6-19)15-13(16(25)26)14(24-29-15)12-10(21)7-9(20)8-11(12)22/h7-8H,4-6H2,1-3H3,(H,23,27)(H,25,26). The van der Waals surface area contributed by atoms with Crippen LogP contribution >= 0.6 is 34.8 Å². The van der Waals surface area contributed by atoms with Crippen molar-refractivity contribution >= 4 is 46.9 Å². The van der Waals surface area contributed by atoms with E-state index in [0.717, 1.165) is 6.42 Å². The van der Waals surface area contributed by atoms with Gasteiger partial charge in [-0.3, -0.25) is 0 Å². The first-order valence-corrected chi connectivity index (χ1v) is 9.96. The van der Waals surface area contributed by atoms with Crippen LogP contribution in [0.25, 0.3) is 11.3 Å². The third-order valence-electron chi connectivity index (χ3n) is 4.53. The monoisotopic (exact) mass is 460 g/mol. The minimum absolute atomic E-state index is 0.0270. The van der Waals surface area contributed by atoms with Crippen LogP contribution in [0.5, 0.6) is 0 Å². The number of nitrogens with zero attached hydrogens (tertiary/aromatic N) is 1. The number of hydrogen-bond donors (Lipinski definition) is 2. The number of carboxylic acids is 1. The van der Waals surface area contributed by atoms with Gasteiger partial charge in [0, 0.05) is 10.6 Å². The van der Waals surface area contributed by atoms with Crippen LogP contribution in [0, 0.1) is 0 Å². The third-order valence-corrected chi connectivity index (χ3v) is 5.35. The molecule has 1 amide bonds. The van der Waals surface area contributed by atoms with Crippen molar-refractivity contribution in [3.05, 3.63) is 38.5 Å². The number of aromatic nitrogens is 1. The van der Waals surface area contributed by atoms with Gasteiger partial charge in [0.2, 0.25) is 0 Å². The number of hydrogen-bond acceptors (Lipinski definition) is 5. The van der Waals surface area contributed by atoms with Crippen molar-refractivity contribution in [3.63, 3.8) is 0 Å². The first-order valence-electron chi connectivity index (χ1n) is 8.83. The maximum absolute atomic E-state index is 12.3. The molecule has 29 heavy (non-hydrogen) atoms. The van der Waals surface area contributed by atoms with Gasteiger partial charge in [0.05, 0.1) is 10.0 Å². The predicted molar refractivity (Wildman–Crippen MR) is 109 cm³/mol. The lowest BCUT2D eigenvalue weighted by Gasteiger charge is -2.40.